The van der Waals surface area contributed by atoms with Gasteiger partial charge in [0.15, 0.2) is 0 Å². The second-order valence-corrected chi connectivity index (χ2v) is 9.69. The molecule has 7 heteroatoms. The predicted molar refractivity (Wildman–Crippen MR) is 129 cm³/mol. The van der Waals surface area contributed by atoms with Crippen LogP contribution in [0.4, 0.5) is 8.78 Å². The summed E-state index contributed by atoms with van der Waals surface area (Å²) >= 11 is 8.25. The van der Waals surface area contributed by atoms with E-state index in [1.807, 2.05) is 28.7 Å². The van der Waals surface area contributed by atoms with E-state index < -0.39 is 17.0 Å². The molecular weight excluding hydrogens is 621 g/mol. The number of aliphatic hydroxyl groups is 2. The van der Waals surface area contributed by atoms with Gasteiger partial charge in [-0.25, -0.2) is 8.78 Å². The Hall–Kier alpha value is -0.970. The van der Waals surface area contributed by atoms with Gasteiger partial charge in [0, 0.05) is 12.5 Å². The Bertz CT molecular complexity index is 916. The zero-order valence-corrected chi connectivity index (χ0v) is 21.7. The molecule has 0 heterocycles. The number of terminal acetylenes is 1. The summed E-state index contributed by atoms with van der Waals surface area (Å²) in [5.74, 6) is 6.72. The van der Waals surface area contributed by atoms with Crippen molar-refractivity contribution in [2.24, 2.45) is 0 Å². The molecule has 2 aromatic rings. The maximum absolute atomic E-state index is 13.2. The van der Waals surface area contributed by atoms with Gasteiger partial charge in [0.1, 0.15) is 22.8 Å². The molecule has 2 N–H and O–H groups in total. The normalized spacial score (nSPS) is 10.3. The quantitative estimate of drug-likeness (QED) is 0.202. The van der Waals surface area contributed by atoms with Crippen LogP contribution in [0.15, 0.2) is 45.3 Å². The Morgan fingerprint density at radius 2 is 1.34 bits per heavy atom. The lowest BCUT2D eigenvalue weighted by Gasteiger charge is -2.06. The first kappa shape index (κ1) is 28.0. The summed E-state index contributed by atoms with van der Waals surface area (Å²) in [6.45, 7) is 6.23. The Morgan fingerprint density at radius 3 is 1.69 bits per heavy atom. The van der Waals surface area contributed by atoms with Gasteiger partial charge in [0.25, 0.3) is 0 Å². The van der Waals surface area contributed by atoms with Crippen molar-refractivity contribution in [1.82, 2.24) is 0 Å². The molecule has 29 heavy (non-hydrogen) atoms. The Labute approximate surface area is 201 Å². The van der Waals surface area contributed by atoms with Crippen molar-refractivity contribution in [3.63, 3.8) is 0 Å². The van der Waals surface area contributed by atoms with Gasteiger partial charge in [-0.3, -0.25) is 0 Å². The first-order valence-corrected chi connectivity index (χ1v) is 10.8. The fraction of sp³-hybridized carbons (Fsp3) is 0.273. The molecule has 156 valence electrons. The minimum absolute atomic E-state index is 0.176. The number of hydrogen-bond acceptors (Lipinski definition) is 2. The number of halogens is 5. The highest BCUT2D eigenvalue weighted by molar-refractivity contribution is 14.1. The molecule has 2 aromatic carbocycles. The molecule has 0 aliphatic rings. The van der Waals surface area contributed by atoms with E-state index in [9.17, 15) is 13.9 Å². The summed E-state index contributed by atoms with van der Waals surface area (Å²) in [7, 11) is 0. The molecular formula is C22H21Br2F2IO2. The van der Waals surface area contributed by atoms with Crippen LogP contribution in [0, 0.1) is 39.4 Å². The van der Waals surface area contributed by atoms with Crippen LogP contribution in [0.5, 0.6) is 0 Å². The molecule has 2 rings (SSSR count). The van der Waals surface area contributed by atoms with E-state index >= 15 is 0 Å². The summed E-state index contributed by atoms with van der Waals surface area (Å²) < 4.78 is 27.9. The van der Waals surface area contributed by atoms with Crippen molar-refractivity contribution in [3.05, 3.63) is 66.1 Å². The first-order valence-electron chi connectivity index (χ1n) is 8.16. The van der Waals surface area contributed by atoms with Gasteiger partial charge >= 0.3 is 0 Å². The zero-order chi connectivity index (χ0) is 22.8. The molecule has 0 fully saturated rings. The summed E-state index contributed by atoms with van der Waals surface area (Å²) in [5, 5.41) is 17.9. The lowest BCUT2D eigenvalue weighted by molar-refractivity contribution is 0.143. The van der Waals surface area contributed by atoms with Crippen LogP contribution in [-0.4, -0.2) is 21.4 Å². The molecule has 0 aliphatic carbocycles. The van der Waals surface area contributed by atoms with Crippen LogP contribution in [0.2, 0.25) is 0 Å². The minimum Gasteiger partial charge on any atom is -0.378 e. The topological polar surface area (TPSA) is 40.5 Å². The molecule has 0 atom stereocenters. The third kappa shape index (κ3) is 14.6. The lowest BCUT2D eigenvalue weighted by atomic mass is 10.1. The molecule has 0 saturated heterocycles. The Kier molecular flexibility index (Phi) is 12.2. The monoisotopic (exact) mass is 640 g/mol. The average molecular weight is 642 g/mol. The molecule has 0 bridgehead atoms. The third-order valence-electron chi connectivity index (χ3n) is 2.67. The average Bonchev–Trinajstić information content (AvgIpc) is 2.57. The summed E-state index contributed by atoms with van der Waals surface area (Å²) in [6, 6.07) is 9.59. The fourth-order valence-corrected chi connectivity index (χ4v) is 2.28. The Morgan fingerprint density at radius 1 is 0.897 bits per heavy atom. The van der Waals surface area contributed by atoms with E-state index in [0.717, 1.165) is 4.47 Å². The van der Waals surface area contributed by atoms with Crippen molar-refractivity contribution in [3.8, 4) is 24.2 Å². The van der Waals surface area contributed by atoms with Crippen LogP contribution in [0.25, 0.3) is 0 Å². The van der Waals surface area contributed by atoms with Crippen LogP contribution in [0.3, 0.4) is 0 Å². The second kappa shape index (κ2) is 12.7. The largest absolute Gasteiger partial charge is 0.378 e. The summed E-state index contributed by atoms with van der Waals surface area (Å²) in [6.07, 6.45) is 4.81. The summed E-state index contributed by atoms with van der Waals surface area (Å²) in [5.41, 5.74) is -1.74. The van der Waals surface area contributed by atoms with Crippen molar-refractivity contribution < 1.29 is 19.0 Å². The van der Waals surface area contributed by atoms with Crippen LogP contribution in [-0.2, 0) is 0 Å². The van der Waals surface area contributed by atoms with Crippen molar-refractivity contribution in [1.29, 1.82) is 0 Å². The smallest absolute Gasteiger partial charge is 0.139 e. The maximum atomic E-state index is 13.2. The SMILES string of the molecule is C#CC(C)(C)O.CC(C)(O)C#Cc1ccc(Br)cc1F.Fc1cc(Br)ccc1I. The number of rotatable bonds is 0. The van der Waals surface area contributed by atoms with Gasteiger partial charge in [-0.1, -0.05) is 49.6 Å². The minimum atomic E-state index is -1.10. The maximum Gasteiger partial charge on any atom is 0.139 e. The lowest BCUT2D eigenvalue weighted by Crippen LogP contribution is -2.14. The zero-order valence-electron chi connectivity index (χ0n) is 16.3. The molecule has 0 aromatic heterocycles. The Balaban J connectivity index is 0.000000448. The van der Waals surface area contributed by atoms with Gasteiger partial charge in [-0.2, -0.15) is 0 Å². The first-order chi connectivity index (χ1) is 13.1. The van der Waals surface area contributed by atoms with Crippen LogP contribution < -0.4 is 0 Å². The number of hydrogen-bond donors (Lipinski definition) is 2. The van der Waals surface area contributed by atoms with E-state index in [0.29, 0.717) is 8.04 Å². The van der Waals surface area contributed by atoms with E-state index in [-0.39, 0.29) is 11.4 Å². The van der Waals surface area contributed by atoms with Crippen molar-refractivity contribution in [2.45, 2.75) is 38.9 Å². The van der Waals surface area contributed by atoms with Crippen molar-refractivity contribution in [2.75, 3.05) is 0 Å². The highest BCUT2D eigenvalue weighted by atomic mass is 127. The molecule has 0 unspecified atom stereocenters. The third-order valence-corrected chi connectivity index (χ3v) is 4.53. The van der Waals surface area contributed by atoms with E-state index in [1.165, 1.54) is 12.1 Å². The van der Waals surface area contributed by atoms with E-state index in [2.05, 4.69) is 49.6 Å². The van der Waals surface area contributed by atoms with Gasteiger partial charge in [-0.05, 0) is 86.7 Å². The molecule has 2 nitrogen and oxygen atoms in total. The van der Waals surface area contributed by atoms with Gasteiger partial charge in [0.2, 0.25) is 0 Å². The highest BCUT2D eigenvalue weighted by Crippen LogP contribution is 2.16. The van der Waals surface area contributed by atoms with Crippen LogP contribution >= 0.6 is 54.5 Å². The van der Waals surface area contributed by atoms with Crippen LogP contribution in [0.1, 0.15) is 33.3 Å². The van der Waals surface area contributed by atoms with Gasteiger partial charge in [0.05, 0.1) is 5.56 Å². The molecule has 0 spiro atoms. The molecule has 0 amide bonds. The molecule has 0 radical (unpaired) electrons. The van der Waals surface area contributed by atoms with E-state index in [1.54, 1.807) is 45.9 Å². The summed E-state index contributed by atoms with van der Waals surface area (Å²) in [4.78, 5) is 0. The predicted octanol–water partition coefficient (Wildman–Crippen LogP) is 6.29. The van der Waals surface area contributed by atoms with Gasteiger partial charge in [-0.15, -0.1) is 6.42 Å². The fourth-order valence-electron chi connectivity index (χ4n) is 1.28. The van der Waals surface area contributed by atoms with Crippen molar-refractivity contribution >= 4 is 54.5 Å². The second-order valence-electron chi connectivity index (χ2n) is 6.69. The highest BCUT2D eigenvalue weighted by Gasteiger charge is 2.07. The molecule has 0 aliphatic heterocycles. The van der Waals surface area contributed by atoms with E-state index in [4.69, 9.17) is 11.5 Å². The molecule has 0 saturated carbocycles. The number of benzene rings is 2. The van der Waals surface area contributed by atoms with Gasteiger partial charge < -0.3 is 10.2 Å². The standard InChI is InChI=1S/C11H10BrFO.C6H3BrFI.C5H8O/c1-11(2,14)6-5-8-3-4-9(12)7-10(8)13;7-4-1-2-6(9)5(8)3-4;1-4-5(2,3)6/h3-4,7,14H,1-2H3;1-3H;1,6H,2-3H3.